The molecule has 112 valence electrons. The van der Waals surface area contributed by atoms with E-state index in [9.17, 15) is 0 Å². The average molecular weight is 293 g/mol. The largest absolute Gasteiger partial charge is 0.494 e. The summed E-state index contributed by atoms with van der Waals surface area (Å²) >= 11 is 5.06. The van der Waals surface area contributed by atoms with Gasteiger partial charge in [-0.25, -0.2) is 0 Å². The Balaban J connectivity index is 2.30. The summed E-state index contributed by atoms with van der Waals surface area (Å²) in [5.74, 6) is 0.943. The molecular weight excluding hydrogens is 266 g/mol. The van der Waals surface area contributed by atoms with Gasteiger partial charge in [0.1, 0.15) is 5.75 Å². The van der Waals surface area contributed by atoms with Crippen LogP contribution in [0, 0.1) is 5.41 Å². The number of hydrogen-bond acceptors (Lipinski definition) is 2. The summed E-state index contributed by atoms with van der Waals surface area (Å²) in [6.07, 6.45) is 5.54. The van der Waals surface area contributed by atoms with Crippen molar-refractivity contribution < 1.29 is 4.74 Å². The fraction of sp³-hybridized carbons (Fsp3) is 0.588. The van der Waals surface area contributed by atoms with Crippen LogP contribution in [-0.2, 0) is 6.42 Å². The number of thiocarbonyl (C=S) groups is 1. The zero-order chi connectivity index (χ0) is 15.0. The van der Waals surface area contributed by atoms with E-state index < -0.39 is 0 Å². The quantitative estimate of drug-likeness (QED) is 0.538. The van der Waals surface area contributed by atoms with Crippen LogP contribution in [0.2, 0.25) is 0 Å². The van der Waals surface area contributed by atoms with Crippen molar-refractivity contribution in [3.8, 4) is 5.75 Å². The fourth-order valence-corrected chi connectivity index (χ4v) is 2.06. The van der Waals surface area contributed by atoms with Crippen molar-refractivity contribution in [2.75, 3.05) is 6.61 Å². The molecular formula is C17H27NOS. The Morgan fingerprint density at radius 2 is 1.85 bits per heavy atom. The van der Waals surface area contributed by atoms with E-state index in [0.29, 0.717) is 11.6 Å². The highest BCUT2D eigenvalue weighted by molar-refractivity contribution is 7.80. The minimum atomic E-state index is -0.0807. The van der Waals surface area contributed by atoms with Crippen LogP contribution in [0.1, 0.15) is 52.0 Å². The zero-order valence-corrected chi connectivity index (χ0v) is 13.8. The summed E-state index contributed by atoms with van der Waals surface area (Å²) in [5, 5.41) is 0. The predicted octanol–water partition coefficient (Wildman–Crippen LogP) is 4.50. The number of rotatable bonds is 9. The van der Waals surface area contributed by atoms with Crippen LogP contribution in [0.5, 0.6) is 5.75 Å². The molecule has 1 aromatic carbocycles. The molecule has 0 saturated carbocycles. The van der Waals surface area contributed by atoms with E-state index in [1.165, 1.54) is 18.4 Å². The zero-order valence-electron chi connectivity index (χ0n) is 12.9. The average Bonchev–Trinajstić information content (AvgIpc) is 2.42. The standard InChI is InChI=1S/C17H27NOS/c1-4-5-7-14-8-10-15(11-9-14)19-13-6-12-17(2,3)16(18)20/h8-11H,4-7,12-13H2,1-3H3,(H2,18,20). The van der Waals surface area contributed by atoms with Gasteiger partial charge in [-0.05, 0) is 43.4 Å². The number of aryl methyl sites for hydroxylation is 1. The normalized spacial score (nSPS) is 11.3. The lowest BCUT2D eigenvalue weighted by atomic mass is 9.88. The van der Waals surface area contributed by atoms with Gasteiger partial charge in [-0.1, -0.05) is 51.5 Å². The molecule has 0 aliphatic heterocycles. The Bertz CT molecular complexity index is 412. The Morgan fingerprint density at radius 1 is 1.20 bits per heavy atom. The third-order valence-electron chi connectivity index (χ3n) is 3.62. The predicted molar refractivity (Wildman–Crippen MR) is 90.3 cm³/mol. The molecule has 1 rings (SSSR count). The van der Waals surface area contributed by atoms with Crippen LogP contribution in [0.25, 0.3) is 0 Å². The van der Waals surface area contributed by atoms with E-state index in [4.69, 9.17) is 22.7 Å². The molecule has 3 heteroatoms. The molecule has 0 bridgehead atoms. The summed E-state index contributed by atoms with van der Waals surface area (Å²) in [6.45, 7) is 7.09. The van der Waals surface area contributed by atoms with Crippen molar-refractivity contribution in [2.24, 2.45) is 11.1 Å². The maximum atomic E-state index is 5.76. The highest BCUT2D eigenvalue weighted by Crippen LogP contribution is 2.23. The summed E-state index contributed by atoms with van der Waals surface area (Å²) in [4.78, 5) is 0.581. The van der Waals surface area contributed by atoms with Crippen LogP contribution in [0.15, 0.2) is 24.3 Å². The first-order valence-corrected chi connectivity index (χ1v) is 7.88. The minimum absolute atomic E-state index is 0.0807. The molecule has 0 aliphatic carbocycles. The molecule has 0 aliphatic rings. The molecule has 0 heterocycles. The summed E-state index contributed by atoms with van der Waals surface area (Å²) in [5.41, 5.74) is 7.01. The second-order valence-corrected chi connectivity index (χ2v) is 6.39. The fourth-order valence-electron chi connectivity index (χ4n) is 1.96. The van der Waals surface area contributed by atoms with Gasteiger partial charge in [0.05, 0.1) is 11.6 Å². The summed E-state index contributed by atoms with van der Waals surface area (Å²) in [6, 6.07) is 8.43. The van der Waals surface area contributed by atoms with Crippen molar-refractivity contribution in [3.05, 3.63) is 29.8 Å². The first-order valence-electron chi connectivity index (χ1n) is 7.47. The first-order chi connectivity index (χ1) is 9.45. The van der Waals surface area contributed by atoms with Gasteiger partial charge in [-0.2, -0.15) is 0 Å². The van der Waals surface area contributed by atoms with Gasteiger partial charge in [0.2, 0.25) is 0 Å². The van der Waals surface area contributed by atoms with Crippen molar-refractivity contribution >= 4 is 17.2 Å². The lowest BCUT2D eigenvalue weighted by molar-refractivity contribution is 0.288. The van der Waals surface area contributed by atoms with Crippen molar-refractivity contribution in [1.29, 1.82) is 0 Å². The van der Waals surface area contributed by atoms with Crippen LogP contribution < -0.4 is 10.5 Å². The van der Waals surface area contributed by atoms with Gasteiger partial charge in [-0.15, -0.1) is 0 Å². The SMILES string of the molecule is CCCCc1ccc(OCCCC(C)(C)C(N)=S)cc1. The minimum Gasteiger partial charge on any atom is -0.494 e. The maximum Gasteiger partial charge on any atom is 0.119 e. The van der Waals surface area contributed by atoms with Gasteiger partial charge in [0, 0.05) is 5.41 Å². The van der Waals surface area contributed by atoms with Gasteiger partial charge >= 0.3 is 0 Å². The number of ether oxygens (including phenoxy) is 1. The Morgan fingerprint density at radius 3 is 2.40 bits per heavy atom. The van der Waals surface area contributed by atoms with Crippen molar-refractivity contribution in [2.45, 2.75) is 52.9 Å². The first kappa shape index (κ1) is 17.0. The Kier molecular flexibility index (Phi) is 7.00. The second-order valence-electron chi connectivity index (χ2n) is 5.95. The molecule has 0 aromatic heterocycles. The molecule has 1 aromatic rings. The molecule has 2 N–H and O–H groups in total. The molecule has 0 atom stereocenters. The number of hydrogen-bond donors (Lipinski definition) is 1. The topological polar surface area (TPSA) is 35.2 Å². The Hall–Kier alpha value is -1.09. The lowest BCUT2D eigenvalue weighted by Gasteiger charge is -2.22. The number of unbranched alkanes of at least 4 members (excludes halogenated alkanes) is 1. The lowest BCUT2D eigenvalue weighted by Crippen LogP contribution is -2.30. The van der Waals surface area contributed by atoms with Crippen LogP contribution in [0.3, 0.4) is 0 Å². The molecule has 0 unspecified atom stereocenters. The van der Waals surface area contributed by atoms with Crippen molar-refractivity contribution in [3.63, 3.8) is 0 Å². The van der Waals surface area contributed by atoms with E-state index in [-0.39, 0.29) is 5.41 Å². The molecule has 0 fully saturated rings. The highest BCUT2D eigenvalue weighted by Gasteiger charge is 2.20. The smallest absolute Gasteiger partial charge is 0.119 e. The number of nitrogens with two attached hydrogens (primary N) is 1. The van der Waals surface area contributed by atoms with Gasteiger partial charge in [0.15, 0.2) is 0 Å². The molecule has 20 heavy (non-hydrogen) atoms. The highest BCUT2D eigenvalue weighted by atomic mass is 32.1. The van der Waals surface area contributed by atoms with E-state index in [2.05, 4.69) is 45.0 Å². The summed E-state index contributed by atoms with van der Waals surface area (Å²) < 4.78 is 5.76. The van der Waals surface area contributed by atoms with E-state index >= 15 is 0 Å². The third kappa shape index (κ3) is 5.91. The van der Waals surface area contributed by atoms with Crippen molar-refractivity contribution in [1.82, 2.24) is 0 Å². The van der Waals surface area contributed by atoms with Gasteiger partial charge < -0.3 is 10.5 Å². The monoisotopic (exact) mass is 293 g/mol. The van der Waals surface area contributed by atoms with Crippen LogP contribution in [0.4, 0.5) is 0 Å². The molecule has 2 nitrogen and oxygen atoms in total. The molecule has 0 saturated heterocycles. The Labute approximate surface area is 128 Å². The summed E-state index contributed by atoms with van der Waals surface area (Å²) in [7, 11) is 0. The maximum absolute atomic E-state index is 5.76. The van der Waals surface area contributed by atoms with Crippen LogP contribution >= 0.6 is 12.2 Å². The molecule has 0 amide bonds. The third-order valence-corrected chi connectivity index (χ3v) is 4.18. The van der Waals surface area contributed by atoms with E-state index in [1.807, 2.05) is 0 Å². The van der Waals surface area contributed by atoms with E-state index in [0.717, 1.165) is 25.0 Å². The van der Waals surface area contributed by atoms with E-state index in [1.54, 1.807) is 0 Å². The molecule has 0 spiro atoms. The van der Waals surface area contributed by atoms with Gasteiger partial charge in [0.25, 0.3) is 0 Å². The molecule has 0 radical (unpaired) electrons. The second kappa shape index (κ2) is 8.25. The van der Waals surface area contributed by atoms with Crippen LogP contribution in [-0.4, -0.2) is 11.6 Å². The van der Waals surface area contributed by atoms with Gasteiger partial charge in [-0.3, -0.25) is 0 Å². The number of benzene rings is 1.